The Balaban J connectivity index is 1.75. The lowest BCUT2D eigenvalue weighted by Gasteiger charge is -2.28. The molecular weight excluding hydrogens is 180 g/mol. The molecule has 0 aromatic carbocycles. The third-order valence-electron chi connectivity index (χ3n) is 2.79. The van der Waals surface area contributed by atoms with Crippen LogP contribution in [0.2, 0.25) is 0 Å². The van der Waals surface area contributed by atoms with Crippen molar-refractivity contribution in [2.45, 2.75) is 12.5 Å². The van der Waals surface area contributed by atoms with E-state index in [1.54, 1.807) is 0 Å². The normalized spacial score (nSPS) is 27.7. The number of carbonyl (C=O) groups excluding carboxylic acids is 1. The summed E-state index contributed by atoms with van der Waals surface area (Å²) in [5.41, 5.74) is 0. The van der Waals surface area contributed by atoms with Gasteiger partial charge in [0.1, 0.15) is 0 Å². The third-order valence-corrected chi connectivity index (χ3v) is 2.79. The molecule has 0 radical (unpaired) electrons. The minimum atomic E-state index is 0.0974. The standard InChI is InChI=1S/C9H18N4O/c14-9(12-8-1-2-11-7-8)13-5-3-10-4-6-13/h8,10-11H,1-7H2,(H,12,14)/t8-/m1/s1. The van der Waals surface area contributed by atoms with Crippen molar-refractivity contribution >= 4 is 6.03 Å². The van der Waals surface area contributed by atoms with E-state index in [-0.39, 0.29) is 6.03 Å². The lowest BCUT2D eigenvalue weighted by molar-refractivity contribution is 0.187. The Morgan fingerprint density at radius 2 is 2.00 bits per heavy atom. The van der Waals surface area contributed by atoms with Gasteiger partial charge in [-0.3, -0.25) is 0 Å². The van der Waals surface area contributed by atoms with Crippen LogP contribution in [0, 0.1) is 0 Å². The van der Waals surface area contributed by atoms with Crippen molar-refractivity contribution in [3.8, 4) is 0 Å². The molecule has 0 aromatic rings. The van der Waals surface area contributed by atoms with Crippen molar-refractivity contribution in [1.82, 2.24) is 20.9 Å². The van der Waals surface area contributed by atoms with Gasteiger partial charge >= 0.3 is 6.03 Å². The third kappa shape index (κ3) is 2.36. The molecule has 0 aromatic heterocycles. The molecule has 2 saturated heterocycles. The molecule has 3 N–H and O–H groups in total. The molecule has 5 heteroatoms. The summed E-state index contributed by atoms with van der Waals surface area (Å²) in [6.07, 6.45) is 1.05. The van der Waals surface area contributed by atoms with Gasteiger partial charge in [0.2, 0.25) is 0 Å². The molecular formula is C9H18N4O. The highest BCUT2D eigenvalue weighted by molar-refractivity contribution is 5.74. The average Bonchev–Trinajstić information content (AvgIpc) is 2.72. The van der Waals surface area contributed by atoms with Crippen LogP contribution in [0.4, 0.5) is 4.79 Å². The number of hydrogen-bond donors (Lipinski definition) is 3. The Morgan fingerprint density at radius 3 is 2.64 bits per heavy atom. The van der Waals surface area contributed by atoms with Crippen molar-refractivity contribution in [3.63, 3.8) is 0 Å². The van der Waals surface area contributed by atoms with Crippen LogP contribution in [-0.4, -0.2) is 56.2 Å². The summed E-state index contributed by atoms with van der Waals surface area (Å²) >= 11 is 0. The molecule has 2 aliphatic rings. The van der Waals surface area contributed by atoms with Gasteiger partial charge in [0, 0.05) is 38.8 Å². The van der Waals surface area contributed by atoms with Gasteiger partial charge in [-0.1, -0.05) is 0 Å². The summed E-state index contributed by atoms with van der Waals surface area (Å²) < 4.78 is 0. The lowest BCUT2D eigenvalue weighted by Crippen LogP contribution is -2.52. The summed E-state index contributed by atoms with van der Waals surface area (Å²) in [4.78, 5) is 13.6. The number of carbonyl (C=O) groups is 1. The smallest absolute Gasteiger partial charge is 0.317 e. The topological polar surface area (TPSA) is 56.4 Å². The summed E-state index contributed by atoms with van der Waals surface area (Å²) in [6, 6.07) is 0.428. The van der Waals surface area contributed by atoms with Gasteiger partial charge < -0.3 is 20.9 Å². The Hall–Kier alpha value is -0.810. The predicted octanol–water partition coefficient (Wildman–Crippen LogP) is -1.04. The summed E-state index contributed by atoms with van der Waals surface area (Å²) in [5.74, 6) is 0. The molecule has 5 nitrogen and oxygen atoms in total. The predicted molar refractivity (Wildman–Crippen MR) is 54.2 cm³/mol. The van der Waals surface area contributed by atoms with Gasteiger partial charge in [-0.2, -0.15) is 0 Å². The van der Waals surface area contributed by atoms with E-state index in [4.69, 9.17) is 0 Å². The zero-order valence-electron chi connectivity index (χ0n) is 8.38. The Kier molecular flexibility index (Phi) is 3.21. The van der Waals surface area contributed by atoms with E-state index in [2.05, 4.69) is 16.0 Å². The van der Waals surface area contributed by atoms with Crippen LogP contribution in [0.5, 0.6) is 0 Å². The number of urea groups is 1. The number of nitrogens with one attached hydrogen (secondary N) is 3. The molecule has 14 heavy (non-hydrogen) atoms. The summed E-state index contributed by atoms with van der Waals surface area (Å²) in [7, 11) is 0. The maximum atomic E-state index is 11.7. The zero-order chi connectivity index (χ0) is 9.80. The fraction of sp³-hybridized carbons (Fsp3) is 0.889. The van der Waals surface area contributed by atoms with Crippen LogP contribution >= 0.6 is 0 Å². The molecule has 2 rings (SSSR count). The van der Waals surface area contributed by atoms with E-state index in [0.717, 1.165) is 45.7 Å². The second-order valence-corrected chi connectivity index (χ2v) is 3.88. The molecule has 0 bridgehead atoms. The first-order chi connectivity index (χ1) is 6.86. The lowest BCUT2D eigenvalue weighted by atomic mass is 10.2. The van der Waals surface area contributed by atoms with Crippen LogP contribution in [0.1, 0.15) is 6.42 Å². The number of nitrogens with zero attached hydrogens (tertiary/aromatic N) is 1. The number of rotatable bonds is 1. The Bertz CT molecular complexity index is 197. The van der Waals surface area contributed by atoms with Gasteiger partial charge in [-0.25, -0.2) is 4.79 Å². The second kappa shape index (κ2) is 4.61. The van der Waals surface area contributed by atoms with E-state index < -0.39 is 0 Å². The maximum absolute atomic E-state index is 11.7. The molecule has 0 aliphatic carbocycles. The largest absolute Gasteiger partial charge is 0.334 e. The molecule has 0 saturated carbocycles. The quantitative estimate of drug-likeness (QED) is 0.504. The summed E-state index contributed by atoms with van der Waals surface area (Å²) in [6.45, 7) is 5.41. The molecule has 2 heterocycles. The van der Waals surface area contributed by atoms with Gasteiger partial charge in [-0.05, 0) is 13.0 Å². The van der Waals surface area contributed by atoms with Crippen molar-refractivity contribution < 1.29 is 4.79 Å². The zero-order valence-corrected chi connectivity index (χ0v) is 8.38. The van der Waals surface area contributed by atoms with E-state index in [1.165, 1.54) is 0 Å². The van der Waals surface area contributed by atoms with E-state index >= 15 is 0 Å². The number of piperazine rings is 1. The van der Waals surface area contributed by atoms with Gasteiger partial charge in [-0.15, -0.1) is 0 Å². The molecule has 0 spiro atoms. The summed E-state index contributed by atoms with van der Waals surface area (Å²) in [5, 5.41) is 9.51. The van der Waals surface area contributed by atoms with Crippen molar-refractivity contribution in [3.05, 3.63) is 0 Å². The van der Waals surface area contributed by atoms with Gasteiger partial charge in [0.25, 0.3) is 0 Å². The van der Waals surface area contributed by atoms with E-state index in [9.17, 15) is 4.79 Å². The minimum Gasteiger partial charge on any atom is -0.334 e. The van der Waals surface area contributed by atoms with Crippen molar-refractivity contribution in [2.24, 2.45) is 0 Å². The fourth-order valence-corrected chi connectivity index (χ4v) is 1.91. The molecule has 2 amide bonds. The first-order valence-corrected chi connectivity index (χ1v) is 5.33. The highest BCUT2D eigenvalue weighted by atomic mass is 16.2. The van der Waals surface area contributed by atoms with Crippen LogP contribution in [0.15, 0.2) is 0 Å². The molecule has 2 aliphatic heterocycles. The molecule has 80 valence electrons. The monoisotopic (exact) mass is 198 g/mol. The molecule has 0 unspecified atom stereocenters. The van der Waals surface area contributed by atoms with Gasteiger partial charge in [0.05, 0.1) is 0 Å². The van der Waals surface area contributed by atoms with Crippen LogP contribution in [0.25, 0.3) is 0 Å². The second-order valence-electron chi connectivity index (χ2n) is 3.88. The first kappa shape index (κ1) is 9.73. The van der Waals surface area contributed by atoms with Crippen molar-refractivity contribution in [1.29, 1.82) is 0 Å². The Labute approximate surface area is 84.2 Å². The number of hydrogen-bond acceptors (Lipinski definition) is 3. The van der Waals surface area contributed by atoms with Crippen LogP contribution < -0.4 is 16.0 Å². The highest BCUT2D eigenvalue weighted by Gasteiger charge is 2.21. The van der Waals surface area contributed by atoms with E-state index in [0.29, 0.717) is 6.04 Å². The van der Waals surface area contributed by atoms with Gasteiger partial charge in [0.15, 0.2) is 0 Å². The van der Waals surface area contributed by atoms with Crippen molar-refractivity contribution in [2.75, 3.05) is 39.3 Å². The SMILES string of the molecule is O=C(N[C@@H]1CCNC1)N1CCNCC1. The number of amides is 2. The highest BCUT2D eigenvalue weighted by Crippen LogP contribution is 1.99. The first-order valence-electron chi connectivity index (χ1n) is 5.33. The minimum absolute atomic E-state index is 0.0974. The van der Waals surface area contributed by atoms with Crippen LogP contribution in [0.3, 0.4) is 0 Å². The molecule has 2 fully saturated rings. The van der Waals surface area contributed by atoms with Crippen LogP contribution in [-0.2, 0) is 0 Å². The maximum Gasteiger partial charge on any atom is 0.317 e. The fourth-order valence-electron chi connectivity index (χ4n) is 1.91. The average molecular weight is 198 g/mol. The molecule has 1 atom stereocenters. The Morgan fingerprint density at radius 1 is 1.21 bits per heavy atom. The van der Waals surface area contributed by atoms with E-state index in [1.807, 2.05) is 4.90 Å².